The van der Waals surface area contributed by atoms with Gasteiger partial charge in [0.1, 0.15) is 5.75 Å². The summed E-state index contributed by atoms with van der Waals surface area (Å²) in [7, 11) is 0. The van der Waals surface area contributed by atoms with E-state index in [0.717, 1.165) is 17.9 Å². The molecule has 19 heavy (non-hydrogen) atoms. The molecule has 4 nitrogen and oxygen atoms in total. The Balaban J connectivity index is 2.31. The van der Waals surface area contributed by atoms with Gasteiger partial charge in [-0.1, -0.05) is 19.1 Å². The van der Waals surface area contributed by atoms with Crippen molar-refractivity contribution in [3.8, 4) is 5.75 Å². The van der Waals surface area contributed by atoms with E-state index in [2.05, 4.69) is 34.6 Å². The van der Waals surface area contributed by atoms with Gasteiger partial charge in [0.15, 0.2) is 0 Å². The Kier molecular flexibility index (Phi) is 4.86. The van der Waals surface area contributed by atoms with Crippen molar-refractivity contribution in [1.82, 2.24) is 15.5 Å². The average Bonchev–Trinajstić information content (AvgIpc) is 2.46. The summed E-state index contributed by atoms with van der Waals surface area (Å²) in [4.78, 5) is 0. The monoisotopic (exact) mass is 257 g/mol. The Labute approximate surface area is 113 Å². The maximum Gasteiger partial charge on any atom is 0.119 e. The second-order valence-corrected chi connectivity index (χ2v) is 4.17. The van der Waals surface area contributed by atoms with Crippen LogP contribution in [0.25, 0.3) is 0 Å². The molecule has 0 saturated carbocycles. The van der Waals surface area contributed by atoms with Crippen LogP contribution >= 0.6 is 0 Å². The van der Waals surface area contributed by atoms with Crippen molar-refractivity contribution in [3.63, 3.8) is 0 Å². The lowest BCUT2D eigenvalue weighted by atomic mass is 10.0. The van der Waals surface area contributed by atoms with Crippen molar-refractivity contribution in [2.45, 2.75) is 19.9 Å². The molecule has 0 fully saturated rings. The minimum Gasteiger partial charge on any atom is -0.494 e. The second kappa shape index (κ2) is 6.85. The van der Waals surface area contributed by atoms with Gasteiger partial charge < -0.3 is 10.1 Å². The molecule has 2 rings (SSSR count). The summed E-state index contributed by atoms with van der Waals surface area (Å²) in [6.45, 7) is 5.63. The maximum absolute atomic E-state index is 5.55. The van der Waals surface area contributed by atoms with E-state index >= 15 is 0 Å². The topological polar surface area (TPSA) is 47.0 Å². The lowest BCUT2D eigenvalue weighted by Gasteiger charge is -2.19. The highest BCUT2D eigenvalue weighted by atomic mass is 16.5. The van der Waals surface area contributed by atoms with Gasteiger partial charge >= 0.3 is 0 Å². The Morgan fingerprint density at radius 2 is 2.05 bits per heavy atom. The van der Waals surface area contributed by atoms with Crippen molar-refractivity contribution in [3.05, 3.63) is 53.9 Å². The first-order valence-electron chi connectivity index (χ1n) is 6.58. The van der Waals surface area contributed by atoms with Crippen LogP contribution in [0.15, 0.2) is 42.7 Å². The van der Waals surface area contributed by atoms with E-state index in [1.807, 2.05) is 25.1 Å². The van der Waals surface area contributed by atoms with Gasteiger partial charge in [0, 0.05) is 6.20 Å². The van der Waals surface area contributed by atoms with Gasteiger partial charge in [-0.3, -0.25) is 0 Å². The normalized spacial score (nSPS) is 12.1. The first kappa shape index (κ1) is 13.5. The standard InChI is InChI=1S/C15H19N3O/c1-3-16-15(13-8-9-17-18-11-13)12-6-5-7-14(10-12)19-4-2/h5-11,15-16H,3-4H2,1-2H3. The van der Waals surface area contributed by atoms with Gasteiger partial charge in [0.25, 0.3) is 0 Å². The minimum absolute atomic E-state index is 0.112. The third-order valence-electron chi connectivity index (χ3n) is 2.85. The van der Waals surface area contributed by atoms with Crippen molar-refractivity contribution < 1.29 is 4.74 Å². The molecule has 1 heterocycles. The van der Waals surface area contributed by atoms with E-state index in [9.17, 15) is 0 Å². The van der Waals surface area contributed by atoms with Crippen LogP contribution in [0.5, 0.6) is 5.75 Å². The quantitative estimate of drug-likeness (QED) is 0.864. The number of hydrogen-bond donors (Lipinski definition) is 1. The van der Waals surface area contributed by atoms with Gasteiger partial charge in [-0.15, -0.1) is 0 Å². The van der Waals surface area contributed by atoms with Crippen LogP contribution in [0.3, 0.4) is 0 Å². The summed E-state index contributed by atoms with van der Waals surface area (Å²) < 4.78 is 5.55. The fraction of sp³-hybridized carbons (Fsp3) is 0.333. The SMILES string of the molecule is CCNC(c1ccnnc1)c1cccc(OCC)c1. The molecule has 1 atom stereocenters. The molecule has 0 spiro atoms. The third-order valence-corrected chi connectivity index (χ3v) is 2.85. The summed E-state index contributed by atoms with van der Waals surface area (Å²) in [6, 6.07) is 10.2. The van der Waals surface area contributed by atoms with E-state index < -0.39 is 0 Å². The minimum atomic E-state index is 0.112. The number of ether oxygens (including phenoxy) is 1. The lowest BCUT2D eigenvalue weighted by Crippen LogP contribution is -2.22. The fourth-order valence-electron chi connectivity index (χ4n) is 2.05. The molecule has 100 valence electrons. The van der Waals surface area contributed by atoms with Crippen LogP contribution < -0.4 is 10.1 Å². The van der Waals surface area contributed by atoms with Gasteiger partial charge in [0.2, 0.25) is 0 Å². The summed E-state index contributed by atoms with van der Waals surface area (Å²) in [5.41, 5.74) is 2.27. The van der Waals surface area contributed by atoms with Crippen molar-refractivity contribution >= 4 is 0 Å². The molecule has 1 aromatic carbocycles. The molecule has 0 saturated heterocycles. The predicted molar refractivity (Wildman–Crippen MR) is 75.2 cm³/mol. The maximum atomic E-state index is 5.55. The summed E-state index contributed by atoms with van der Waals surface area (Å²) in [5.74, 6) is 0.893. The van der Waals surface area contributed by atoms with Gasteiger partial charge in [-0.25, -0.2) is 0 Å². The van der Waals surface area contributed by atoms with Gasteiger partial charge in [-0.05, 0) is 42.8 Å². The van der Waals surface area contributed by atoms with E-state index in [1.165, 1.54) is 5.56 Å². The molecule has 4 heteroatoms. The number of nitrogens with one attached hydrogen (secondary N) is 1. The Hall–Kier alpha value is -1.94. The van der Waals surface area contributed by atoms with Crippen LogP contribution in [0, 0.1) is 0 Å². The zero-order valence-electron chi connectivity index (χ0n) is 11.3. The predicted octanol–water partition coefficient (Wildman–Crippen LogP) is 2.57. The molecular weight excluding hydrogens is 238 g/mol. The largest absolute Gasteiger partial charge is 0.494 e. The fourth-order valence-corrected chi connectivity index (χ4v) is 2.05. The zero-order valence-corrected chi connectivity index (χ0v) is 11.3. The van der Waals surface area contributed by atoms with E-state index in [0.29, 0.717) is 6.61 Å². The van der Waals surface area contributed by atoms with Crippen LogP contribution in [0.2, 0.25) is 0 Å². The van der Waals surface area contributed by atoms with Gasteiger partial charge in [0.05, 0.1) is 18.8 Å². The van der Waals surface area contributed by atoms with Crippen LogP contribution in [-0.4, -0.2) is 23.3 Å². The van der Waals surface area contributed by atoms with Crippen molar-refractivity contribution in [2.75, 3.05) is 13.2 Å². The number of rotatable bonds is 6. The molecule has 1 aromatic heterocycles. The second-order valence-electron chi connectivity index (χ2n) is 4.17. The molecule has 0 aliphatic rings. The first-order chi connectivity index (χ1) is 9.35. The number of hydrogen-bond acceptors (Lipinski definition) is 4. The molecular formula is C15H19N3O. The molecule has 0 aliphatic carbocycles. The number of benzene rings is 1. The van der Waals surface area contributed by atoms with Crippen molar-refractivity contribution in [1.29, 1.82) is 0 Å². The Morgan fingerprint density at radius 3 is 2.74 bits per heavy atom. The molecule has 0 radical (unpaired) electrons. The summed E-state index contributed by atoms with van der Waals surface area (Å²) in [6.07, 6.45) is 3.51. The van der Waals surface area contributed by atoms with E-state index in [-0.39, 0.29) is 6.04 Å². The first-order valence-corrected chi connectivity index (χ1v) is 6.58. The highest BCUT2D eigenvalue weighted by Crippen LogP contribution is 2.24. The Morgan fingerprint density at radius 1 is 1.16 bits per heavy atom. The van der Waals surface area contributed by atoms with Crippen molar-refractivity contribution in [2.24, 2.45) is 0 Å². The smallest absolute Gasteiger partial charge is 0.119 e. The number of aromatic nitrogens is 2. The van der Waals surface area contributed by atoms with Crippen LogP contribution in [-0.2, 0) is 0 Å². The average molecular weight is 257 g/mol. The molecule has 2 aromatic rings. The van der Waals surface area contributed by atoms with Crippen LogP contribution in [0.1, 0.15) is 31.0 Å². The Bertz CT molecular complexity index is 502. The third kappa shape index (κ3) is 3.51. The highest BCUT2D eigenvalue weighted by Gasteiger charge is 2.13. The zero-order chi connectivity index (χ0) is 13.5. The number of nitrogens with zero attached hydrogens (tertiary/aromatic N) is 2. The summed E-state index contributed by atoms with van der Waals surface area (Å²) in [5, 5.41) is 11.2. The molecule has 1 N–H and O–H groups in total. The van der Waals surface area contributed by atoms with Crippen LogP contribution in [0.4, 0.5) is 0 Å². The summed E-state index contributed by atoms with van der Waals surface area (Å²) >= 11 is 0. The van der Waals surface area contributed by atoms with E-state index in [1.54, 1.807) is 12.4 Å². The van der Waals surface area contributed by atoms with E-state index in [4.69, 9.17) is 4.74 Å². The highest BCUT2D eigenvalue weighted by molar-refractivity contribution is 5.35. The molecule has 1 unspecified atom stereocenters. The van der Waals surface area contributed by atoms with Gasteiger partial charge in [-0.2, -0.15) is 10.2 Å². The molecule has 0 aliphatic heterocycles. The molecule has 0 bridgehead atoms. The lowest BCUT2D eigenvalue weighted by molar-refractivity contribution is 0.339. The molecule has 0 amide bonds.